The van der Waals surface area contributed by atoms with Crippen molar-refractivity contribution in [3.63, 3.8) is 0 Å². The number of benzene rings is 2. The molecule has 162 valence electrons. The van der Waals surface area contributed by atoms with Gasteiger partial charge in [-0.15, -0.1) is 0 Å². The van der Waals surface area contributed by atoms with Gasteiger partial charge in [-0.3, -0.25) is 14.5 Å². The van der Waals surface area contributed by atoms with E-state index in [9.17, 15) is 14.7 Å². The molecule has 2 aliphatic rings. The highest BCUT2D eigenvalue weighted by Crippen LogP contribution is 2.37. The van der Waals surface area contributed by atoms with E-state index < -0.39 is 0 Å². The Morgan fingerprint density at radius 1 is 0.871 bits per heavy atom. The van der Waals surface area contributed by atoms with Crippen LogP contribution in [0.3, 0.4) is 0 Å². The molecule has 1 N–H and O–H groups in total. The van der Waals surface area contributed by atoms with Crippen molar-refractivity contribution in [2.24, 2.45) is 0 Å². The number of carbonyl (C=O) groups excluding carboxylic acids is 2. The fraction of sp³-hybridized carbons (Fsp3) is 0.360. The average Bonchev–Trinajstić information content (AvgIpc) is 3.02. The first kappa shape index (κ1) is 21.3. The van der Waals surface area contributed by atoms with Gasteiger partial charge in [0, 0.05) is 32.7 Å². The number of aryl methyl sites for hydroxylation is 2. The van der Waals surface area contributed by atoms with Crippen LogP contribution >= 0.6 is 0 Å². The summed E-state index contributed by atoms with van der Waals surface area (Å²) in [6.07, 6.45) is 0. The van der Waals surface area contributed by atoms with Crippen molar-refractivity contribution in [1.29, 1.82) is 0 Å². The van der Waals surface area contributed by atoms with Crippen LogP contribution < -0.4 is 4.90 Å². The lowest BCUT2D eigenvalue weighted by atomic mass is 10.0. The first-order valence-electron chi connectivity index (χ1n) is 10.8. The summed E-state index contributed by atoms with van der Waals surface area (Å²) in [5.74, 6) is -0.528. The van der Waals surface area contributed by atoms with Gasteiger partial charge in [0.2, 0.25) is 0 Å². The molecule has 0 aromatic heterocycles. The van der Waals surface area contributed by atoms with Crippen molar-refractivity contribution in [2.75, 3.05) is 44.2 Å². The standard InChI is InChI=1S/C25H29N3O3/c1-17-7-9-20(10-8-17)22-23(27-13-11-26(12-14-27)15-16-29)25(31)28(24(22)30)21-6-4-5-18(2)19(21)3/h4-10,29H,11-16H2,1-3H3. The van der Waals surface area contributed by atoms with Crippen LogP contribution in [-0.4, -0.2) is 66.1 Å². The predicted molar refractivity (Wildman–Crippen MR) is 122 cm³/mol. The normalized spacial score (nSPS) is 17.8. The number of anilines is 1. The fourth-order valence-corrected chi connectivity index (χ4v) is 4.33. The Labute approximate surface area is 183 Å². The van der Waals surface area contributed by atoms with Crippen LogP contribution in [-0.2, 0) is 9.59 Å². The molecule has 1 saturated heterocycles. The van der Waals surface area contributed by atoms with Crippen LogP contribution in [0.4, 0.5) is 5.69 Å². The number of aliphatic hydroxyl groups is 1. The molecule has 0 radical (unpaired) electrons. The second-order valence-corrected chi connectivity index (χ2v) is 8.31. The number of hydrogen-bond acceptors (Lipinski definition) is 5. The van der Waals surface area contributed by atoms with Gasteiger partial charge >= 0.3 is 0 Å². The third-order valence-corrected chi connectivity index (χ3v) is 6.32. The summed E-state index contributed by atoms with van der Waals surface area (Å²) >= 11 is 0. The molecule has 6 heteroatoms. The summed E-state index contributed by atoms with van der Waals surface area (Å²) in [6, 6.07) is 13.5. The van der Waals surface area contributed by atoms with Crippen molar-refractivity contribution in [3.8, 4) is 0 Å². The fourth-order valence-electron chi connectivity index (χ4n) is 4.33. The lowest BCUT2D eigenvalue weighted by Crippen LogP contribution is -2.48. The highest BCUT2D eigenvalue weighted by molar-refractivity contribution is 6.45. The van der Waals surface area contributed by atoms with Gasteiger partial charge in [0.15, 0.2) is 0 Å². The van der Waals surface area contributed by atoms with Crippen LogP contribution in [0.15, 0.2) is 48.2 Å². The van der Waals surface area contributed by atoms with Crippen molar-refractivity contribution in [2.45, 2.75) is 20.8 Å². The van der Waals surface area contributed by atoms with Crippen LogP contribution in [0.5, 0.6) is 0 Å². The highest BCUT2D eigenvalue weighted by atomic mass is 16.3. The zero-order valence-corrected chi connectivity index (χ0v) is 18.4. The zero-order chi connectivity index (χ0) is 22.1. The number of amides is 2. The lowest BCUT2D eigenvalue weighted by Gasteiger charge is -2.36. The van der Waals surface area contributed by atoms with Crippen molar-refractivity contribution >= 4 is 23.1 Å². The van der Waals surface area contributed by atoms with E-state index in [1.165, 1.54) is 4.90 Å². The largest absolute Gasteiger partial charge is 0.395 e. The van der Waals surface area contributed by atoms with Gasteiger partial charge in [0.25, 0.3) is 11.8 Å². The second kappa shape index (κ2) is 8.65. The van der Waals surface area contributed by atoms with Gasteiger partial charge in [-0.25, -0.2) is 4.90 Å². The van der Waals surface area contributed by atoms with Crippen LogP contribution in [0.2, 0.25) is 0 Å². The molecule has 0 aliphatic carbocycles. The number of imide groups is 1. The molecule has 0 bridgehead atoms. The number of β-amino-alcohol motifs (C(OH)–C–C–N with tert-alkyl or cyclic N) is 1. The molecule has 0 unspecified atom stereocenters. The smallest absolute Gasteiger partial charge is 0.282 e. The Morgan fingerprint density at radius 3 is 2.19 bits per heavy atom. The second-order valence-electron chi connectivity index (χ2n) is 8.31. The van der Waals surface area contributed by atoms with E-state index in [4.69, 9.17) is 0 Å². The average molecular weight is 420 g/mol. The molecule has 0 spiro atoms. The third-order valence-electron chi connectivity index (χ3n) is 6.32. The van der Waals surface area contributed by atoms with Crippen LogP contribution in [0.1, 0.15) is 22.3 Å². The third kappa shape index (κ3) is 3.89. The Bertz CT molecular complexity index is 1030. The number of piperazine rings is 1. The minimum Gasteiger partial charge on any atom is -0.395 e. The minimum absolute atomic E-state index is 0.120. The van der Waals surface area contributed by atoms with Gasteiger partial charge in [0.05, 0.1) is 17.9 Å². The number of hydrogen-bond donors (Lipinski definition) is 1. The number of nitrogens with zero attached hydrogens (tertiary/aromatic N) is 3. The van der Waals surface area contributed by atoms with E-state index in [0.717, 1.165) is 35.3 Å². The molecular formula is C25H29N3O3. The Hall–Kier alpha value is -2.96. The Balaban J connectivity index is 1.77. The Morgan fingerprint density at radius 2 is 1.55 bits per heavy atom. The molecule has 2 aromatic carbocycles. The molecule has 2 heterocycles. The summed E-state index contributed by atoms with van der Waals surface area (Å²) in [4.78, 5) is 32.9. The molecule has 6 nitrogen and oxygen atoms in total. The van der Waals surface area contributed by atoms with E-state index in [-0.39, 0.29) is 18.4 Å². The molecule has 2 aromatic rings. The predicted octanol–water partition coefficient (Wildman–Crippen LogP) is 2.51. The van der Waals surface area contributed by atoms with E-state index in [2.05, 4.69) is 4.90 Å². The quantitative estimate of drug-likeness (QED) is 0.755. The van der Waals surface area contributed by atoms with Gasteiger partial charge in [-0.1, -0.05) is 42.0 Å². The van der Waals surface area contributed by atoms with Gasteiger partial charge in [-0.05, 0) is 43.5 Å². The monoisotopic (exact) mass is 419 g/mol. The lowest BCUT2D eigenvalue weighted by molar-refractivity contribution is -0.120. The zero-order valence-electron chi connectivity index (χ0n) is 18.4. The van der Waals surface area contributed by atoms with E-state index in [1.54, 1.807) is 0 Å². The van der Waals surface area contributed by atoms with Crippen molar-refractivity contribution in [3.05, 3.63) is 70.4 Å². The first-order chi connectivity index (χ1) is 14.9. The molecular weight excluding hydrogens is 390 g/mol. The molecule has 31 heavy (non-hydrogen) atoms. The summed E-state index contributed by atoms with van der Waals surface area (Å²) in [6.45, 7) is 9.46. The van der Waals surface area contributed by atoms with Crippen LogP contribution in [0.25, 0.3) is 5.57 Å². The van der Waals surface area contributed by atoms with Gasteiger partial charge in [0.1, 0.15) is 5.70 Å². The number of carbonyl (C=O) groups is 2. The topological polar surface area (TPSA) is 64.1 Å². The molecule has 2 aliphatic heterocycles. The number of rotatable bonds is 5. The SMILES string of the molecule is Cc1ccc(C2=C(N3CCN(CCO)CC3)C(=O)N(c3cccc(C)c3C)C2=O)cc1. The summed E-state index contributed by atoms with van der Waals surface area (Å²) < 4.78 is 0. The van der Waals surface area contributed by atoms with E-state index >= 15 is 0 Å². The minimum atomic E-state index is -0.268. The molecule has 4 rings (SSSR count). The molecule has 2 amide bonds. The highest BCUT2D eigenvalue weighted by Gasteiger charge is 2.43. The molecule has 1 fully saturated rings. The van der Waals surface area contributed by atoms with Gasteiger partial charge in [-0.2, -0.15) is 0 Å². The molecule has 0 saturated carbocycles. The maximum atomic E-state index is 13.7. The van der Waals surface area contributed by atoms with E-state index in [0.29, 0.717) is 36.6 Å². The summed E-state index contributed by atoms with van der Waals surface area (Å²) in [5, 5.41) is 9.22. The first-order valence-corrected chi connectivity index (χ1v) is 10.8. The summed E-state index contributed by atoms with van der Waals surface area (Å²) in [5.41, 5.74) is 5.45. The maximum absolute atomic E-state index is 13.7. The Kier molecular flexibility index (Phi) is 5.94. The van der Waals surface area contributed by atoms with Crippen LogP contribution in [0, 0.1) is 20.8 Å². The number of aliphatic hydroxyl groups excluding tert-OH is 1. The van der Waals surface area contributed by atoms with E-state index in [1.807, 2.05) is 68.1 Å². The van der Waals surface area contributed by atoms with Gasteiger partial charge < -0.3 is 10.0 Å². The molecule has 0 atom stereocenters. The summed E-state index contributed by atoms with van der Waals surface area (Å²) in [7, 11) is 0. The van der Waals surface area contributed by atoms with Crippen molar-refractivity contribution in [1.82, 2.24) is 9.80 Å². The van der Waals surface area contributed by atoms with Crippen molar-refractivity contribution < 1.29 is 14.7 Å². The maximum Gasteiger partial charge on any atom is 0.282 e.